The van der Waals surface area contributed by atoms with Gasteiger partial charge in [0.25, 0.3) is 0 Å². The van der Waals surface area contributed by atoms with Gasteiger partial charge < -0.3 is 10.6 Å². The number of amides is 1. The second-order valence-corrected chi connectivity index (χ2v) is 6.12. The van der Waals surface area contributed by atoms with Crippen molar-refractivity contribution in [2.75, 3.05) is 13.1 Å². The highest BCUT2D eigenvalue weighted by Gasteiger charge is 2.36. The van der Waals surface area contributed by atoms with Crippen molar-refractivity contribution in [3.8, 4) is 0 Å². The first-order valence-corrected chi connectivity index (χ1v) is 7.13. The molecule has 0 bridgehead atoms. The lowest BCUT2D eigenvalue weighted by Crippen LogP contribution is -2.49. The number of carbonyl (C=O) groups is 1. The van der Waals surface area contributed by atoms with Crippen LogP contribution < -0.4 is 10.6 Å². The SMILES string of the molecule is CC(NC(=O)C1(C)CCNCC1)C1CCCC1. The fraction of sp³-hybridized carbons (Fsp3) is 0.929. The zero-order valence-electron chi connectivity index (χ0n) is 11.2. The molecule has 1 aliphatic heterocycles. The topological polar surface area (TPSA) is 41.1 Å². The second kappa shape index (κ2) is 5.38. The van der Waals surface area contributed by atoms with Crippen molar-refractivity contribution in [3.63, 3.8) is 0 Å². The molecule has 3 nitrogen and oxygen atoms in total. The van der Waals surface area contributed by atoms with E-state index in [0.717, 1.165) is 25.9 Å². The molecule has 1 amide bonds. The molecule has 1 saturated heterocycles. The lowest BCUT2D eigenvalue weighted by molar-refractivity contribution is -0.132. The Morgan fingerprint density at radius 3 is 2.47 bits per heavy atom. The summed E-state index contributed by atoms with van der Waals surface area (Å²) in [4.78, 5) is 12.3. The van der Waals surface area contributed by atoms with Gasteiger partial charge in [0.1, 0.15) is 0 Å². The molecule has 0 aromatic rings. The van der Waals surface area contributed by atoms with Crippen molar-refractivity contribution in [1.29, 1.82) is 0 Å². The molecular weight excluding hydrogens is 212 g/mol. The fourth-order valence-corrected chi connectivity index (χ4v) is 3.16. The summed E-state index contributed by atoms with van der Waals surface area (Å²) in [6.45, 7) is 6.24. The second-order valence-electron chi connectivity index (χ2n) is 6.12. The Hall–Kier alpha value is -0.570. The van der Waals surface area contributed by atoms with E-state index >= 15 is 0 Å². The molecule has 2 N–H and O–H groups in total. The standard InChI is InChI=1S/C14H26N2O/c1-11(12-5-3-4-6-12)16-13(17)14(2)7-9-15-10-8-14/h11-12,15H,3-10H2,1-2H3,(H,16,17). The van der Waals surface area contributed by atoms with Crippen molar-refractivity contribution in [3.05, 3.63) is 0 Å². The molecular formula is C14H26N2O. The summed E-state index contributed by atoms with van der Waals surface area (Å²) in [5, 5.41) is 6.59. The maximum absolute atomic E-state index is 12.3. The lowest BCUT2D eigenvalue weighted by Gasteiger charge is -2.34. The number of nitrogens with one attached hydrogen (secondary N) is 2. The molecule has 2 rings (SSSR count). The van der Waals surface area contributed by atoms with E-state index in [1.54, 1.807) is 0 Å². The van der Waals surface area contributed by atoms with E-state index < -0.39 is 0 Å². The van der Waals surface area contributed by atoms with Gasteiger partial charge in [-0.3, -0.25) is 4.79 Å². The first-order valence-electron chi connectivity index (χ1n) is 7.13. The van der Waals surface area contributed by atoms with Crippen molar-refractivity contribution in [1.82, 2.24) is 10.6 Å². The summed E-state index contributed by atoms with van der Waals surface area (Å²) in [7, 11) is 0. The molecule has 98 valence electrons. The van der Waals surface area contributed by atoms with Crippen molar-refractivity contribution >= 4 is 5.91 Å². The molecule has 1 saturated carbocycles. The van der Waals surface area contributed by atoms with Gasteiger partial charge in [-0.15, -0.1) is 0 Å². The van der Waals surface area contributed by atoms with Crippen LogP contribution in [0, 0.1) is 11.3 Å². The molecule has 1 aliphatic carbocycles. The molecule has 0 radical (unpaired) electrons. The molecule has 0 aromatic heterocycles. The third-order valence-electron chi connectivity index (χ3n) is 4.72. The van der Waals surface area contributed by atoms with Crippen molar-refractivity contribution in [2.45, 2.75) is 58.4 Å². The smallest absolute Gasteiger partial charge is 0.226 e. The molecule has 2 fully saturated rings. The Morgan fingerprint density at radius 1 is 1.29 bits per heavy atom. The van der Waals surface area contributed by atoms with Crippen molar-refractivity contribution in [2.24, 2.45) is 11.3 Å². The highest BCUT2D eigenvalue weighted by Crippen LogP contribution is 2.31. The van der Waals surface area contributed by atoms with Gasteiger partial charge in [0, 0.05) is 11.5 Å². The van der Waals surface area contributed by atoms with E-state index in [4.69, 9.17) is 0 Å². The molecule has 17 heavy (non-hydrogen) atoms. The number of hydrogen-bond acceptors (Lipinski definition) is 2. The van der Waals surface area contributed by atoms with Crippen LogP contribution in [0.25, 0.3) is 0 Å². The summed E-state index contributed by atoms with van der Waals surface area (Å²) in [6, 6.07) is 0.358. The summed E-state index contributed by atoms with van der Waals surface area (Å²) < 4.78 is 0. The average Bonchev–Trinajstić information content (AvgIpc) is 2.83. The van der Waals surface area contributed by atoms with Gasteiger partial charge >= 0.3 is 0 Å². The number of rotatable bonds is 3. The fourth-order valence-electron chi connectivity index (χ4n) is 3.16. The quantitative estimate of drug-likeness (QED) is 0.790. The highest BCUT2D eigenvalue weighted by atomic mass is 16.2. The van der Waals surface area contributed by atoms with E-state index in [1.165, 1.54) is 25.7 Å². The van der Waals surface area contributed by atoms with Crippen LogP contribution in [0.3, 0.4) is 0 Å². The van der Waals surface area contributed by atoms with Crippen LogP contribution in [0.1, 0.15) is 52.4 Å². The first kappa shape index (κ1) is 12.9. The minimum absolute atomic E-state index is 0.141. The van der Waals surface area contributed by atoms with E-state index in [-0.39, 0.29) is 11.3 Å². The Labute approximate surface area is 105 Å². The minimum Gasteiger partial charge on any atom is -0.353 e. The monoisotopic (exact) mass is 238 g/mol. The molecule has 0 aromatic carbocycles. The largest absolute Gasteiger partial charge is 0.353 e. The molecule has 2 aliphatic rings. The maximum Gasteiger partial charge on any atom is 0.226 e. The van der Waals surface area contributed by atoms with E-state index in [2.05, 4.69) is 24.5 Å². The van der Waals surface area contributed by atoms with Crippen LogP contribution in [0.2, 0.25) is 0 Å². The molecule has 1 atom stereocenters. The van der Waals surface area contributed by atoms with E-state index in [1.807, 2.05) is 0 Å². The number of hydrogen-bond donors (Lipinski definition) is 2. The van der Waals surface area contributed by atoms with Gasteiger partial charge in [-0.25, -0.2) is 0 Å². The van der Waals surface area contributed by atoms with Gasteiger partial charge in [-0.1, -0.05) is 19.8 Å². The normalized spacial score (nSPS) is 26.7. The van der Waals surface area contributed by atoms with Crippen LogP contribution in [0.15, 0.2) is 0 Å². The minimum atomic E-state index is -0.141. The van der Waals surface area contributed by atoms with Gasteiger partial charge in [0.2, 0.25) is 5.91 Å². The third-order valence-corrected chi connectivity index (χ3v) is 4.72. The summed E-state index contributed by atoms with van der Waals surface area (Å²) >= 11 is 0. The van der Waals surface area contributed by atoms with Gasteiger partial charge in [-0.2, -0.15) is 0 Å². The van der Waals surface area contributed by atoms with Crippen LogP contribution in [-0.4, -0.2) is 25.0 Å². The van der Waals surface area contributed by atoms with Crippen LogP contribution in [0.4, 0.5) is 0 Å². The summed E-state index contributed by atoms with van der Waals surface area (Å²) in [5.74, 6) is 0.989. The molecule has 1 heterocycles. The lowest BCUT2D eigenvalue weighted by atomic mass is 9.79. The van der Waals surface area contributed by atoms with Crippen LogP contribution in [-0.2, 0) is 4.79 Å². The van der Waals surface area contributed by atoms with E-state index in [0.29, 0.717) is 12.0 Å². The van der Waals surface area contributed by atoms with Crippen LogP contribution >= 0.6 is 0 Å². The van der Waals surface area contributed by atoms with Gasteiger partial charge in [0.05, 0.1) is 0 Å². The van der Waals surface area contributed by atoms with Gasteiger partial charge in [0.15, 0.2) is 0 Å². The predicted octanol–water partition coefficient (Wildman–Crippen LogP) is 2.07. The summed E-state index contributed by atoms with van der Waals surface area (Å²) in [6.07, 6.45) is 7.20. The first-order chi connectivity index (χ1) is 8.12. The maximum atomic E-state index is 12.3. The Bertz CT molecular complexity index is 265. The zero-order valence-corrected chi connectivity index (χ0v) is 11.2. The Morgan fingerprint density at radius 2 is 1.88 bits per heavy atom. The molecule has 3 heteroatoms. The number of carbonyl (C=O) groups excluding carboxylic acids is 1. The summed E-state index contributed by atoms with van der Waals surface area (Å²) in [5.41, 5.74) is -0.141. The predicted molar refractivity (Wildman–Crippen MR) is 69.8 cm³/mol. The van der Waals surface area contributed by atoms with Gasteiger partial charge in [-0.05, 0) is 51.6 Å². The van der Waals surface area contributed by atoms with E-state index in [9.17, 15) is 4.79 Å². The molecule has 1 unspecified atom stereocenters. The Kier molecular flexibility index (Phi) is 4.08. The van der Waals surface area contributed by atoms with Crippen LogP contribution in [0.5, 0.6) is 0 Å². The zero-order chi connectivity index (χ0) is 12.3. The molecule has 0 spiro atoms. The number of piperidine rings is 1. The van der Waals surface area contributed by atoms with Crippen molar-refractivity contribution < 1.29 is 4.79 Å². The highest BCUT2D eigenvalue weighted by molar-refractivity contribution is 5.82. The third kappa shape index (κ3) is 3.01. The Balaban J connectivity index is 1.86. The average molecular weight is 238 g/mol.